The number of fused-ring (bicyclic) bond motifs is 1. The topological polar surface area (TPSA) is 49.9 Å². The van der Waals surface area contributed by atoms with Gasteiger partial charge in [-0.25, -0.2) is 0 Å². The molecular weight excluding hydrogens is 376 g/mol. The summed E-state index contributed by atoms with van der Waals surface area (Å²) in [7, 11) is 0. The Balaban J connectivity index is 1.46. The largest absolute Gasteiger partial charge is 0.494 e. The lowest BCUT2D eigenvalue weighted by atomic mass is 9.97. The van der Waals surface area contributed by atoms with Gasteiger partial charge in [0.25, 0.3) is 0 Å². The van der Waals surface area contributed by atoms with Crippen LogP contribution in [-0.4, -0.2) is 36.4 Å². The van der Waals surface area contributed by atoms with Crippen LogP contribution in [0.25, 0.3) is 0 Å². The Bertz CT molecular complexity index is 897. The Morgan fingerprint density at radius 2 is 1.96 bits per heavy atom. The Hall–Kier alpha value is -2.53. The van der Waals surface area contributed by atoms with E-state index in [1.807, 2.05) is 36.1 Å². The molecule has 0 N–H and O–H groups in total. The molecule has 0 spiro atoms. The van der Waals surface area contributed by atoms with Crippen LogP contribution in [0.3, 0.4) is 0 Å². The highest BCUT2D eigenvalue weighted by Gasteiger charge is 2.37. The van der Waals surface area contributed by atoms with E-state index in [0.29, 0.717) is 31.3 Å². The normalized spacial score (nSPS) is 18.9. The first-order valence-corrected chi connectivity index (χ1v) is 10.0. The first kappa shape index (κ1) is 18.8. The zero-order chi connectivity index (χ0) is 19.7. The quantitative estimate of drug-likeness (QED) is 0.789. The summed E-state index contributed by atoms with van der Waals surface area (Å²) >= 11 is 5.93. The lowest BCUT2D eigenvalue weighted by molar-refractivity contribution is -0.136. The molecule has 0 aromatic heterocycles. The van der Waals surface area contributed by atoms with Gasteiger partial charge in [-0.1, -0.05) is 17.7 Å². The minimum atomic E-state index is -0.306. The molecule has 0 radical (unpaired) electrons. The van der Waals surface area contributed by atoms with Crippen molar-refractivity contribution in [3.8, 4) is 5.75 Å². The van der Waals surface area contributed by atoms with E-state index >= 15 is 0 Å². The van der Waals surface area contributed by atoms with E-state index in [0.717, 1.165) is 23.4 Å². The number of benzene rings is 2. The molecule has 0 saturated carbocycles. The third-order valence-electron chi connectivity index (χ3n) is 5.43. The lowest BCUT2D eigenvalue weighted by Gasteiger charge is -2.31. The number of carbonyl (C=O) groups is 2. The van der Waals surface area contributed by atoms with Crippen LogP contribution in [0, 0.1) is 5.92 Å². The van der Waals surface area contributed by atoms with Crippen molar-refractivity contribution >= 4 is 29.1 Å². The number of ether oxygens (including phenoxy) is 1. The van der Waals surface area contributed by atoms with Crippen molar-refractivity contribution < 1.29 is 14.3 Å². The number of rotatable bonds is 4. The fraction of sp³-hybridized carbons (Fsp3) is 0.364. The second-order valence-electron chi connectivity index (χ2n) is 7.26. The SMILES string of the molecule is CCOc1ccc2c(c1)CN(C(=O)C1CC(=O)N(c3ccc(Cl)cc3)C1)CC2. The minimum Gasteiger partial charge on any atom is -0.494 e. The number of nitrogens with zero attached hydrogens (tertiary/aromatic N) is 2. The summed E-state index contributed by atoms with van der Waals surface area (Å²) in [5, 5.41) is 0.626. The van der Waals surface area contributed by atoms with Crippen LogP contribution in [0.2, 0.25) is 5.02 Å². The van der Waals surface area contributed by atoms with E-state index in [-0.39, 0.29) is 24.2 Å². The van der Waals surface area contributed by atoms with Crippen LogP contribution in [0.5, 0.6) is 5.75 Å². The molecule has 1 atom stereocenters. The van der Waals surface area contributed by atoms with E-state index in [1.165, 1.54) is 5.56 Å². The number of hydrogen-bond donors (Lipinski definition) is 0. The van der Waals surface area contributed by atoms with Crippen LogP contribution in [0.4, 0.5) is 5.69 Å². The summed E-state index contributed by atoms with van der Waals surface area (Å²) < 4.78 is 5.59. The molecule has 2 amide bonds. The first-order chi connectivity index (χ1) is 13.5. The molecule has 5 nitrogen and oxygen atoms in total. The van der Waals surface area contributed by atoms with Gasteiger partial charge in [0.15, 0.2) is 0 Å². The van der Waals surface area contributed by atoms with E-state index in [1.54, 1.807) is 17.0 Å². The molecule has 2 heterocycles. The second kappa shape index (κ2) is 7.84. The monoisotopic (exact) mass is 398 g/mol. The number of carbonyl (C=O) groups excluding carboxylic acids is 2. The Kier molecular flexibility index (Phi) is 5.27. The van der Waals surface area contributed by atoms with Crippen molar-refractivity contribution in [1.82, 2.24) is 4.90 Å². The highest BCUT2D eigenvalue weighted by atomic mass is 35.5. The summed E-state index contributed by atoms with van der Waals surface area (Å²) in [5.74, 6) is 0.564. The van der Waals surface area contributed by atoms with E-state index in [9.17, 15) is 9.59 Å². The molecule has 2 aromatic rings. The summed E-state index contributed by atoms with van der Waals surface area (Å²) in [5.41, 5.74) is 3.18. The molecular formula is C22H23ClN2O3. The summed E-state index contributed by atoms with van der Waals surface area (Å²) in [6.07, 6.45) is 1.08. The van der Waals surface area contributed by atoms with Gasteiger partial charge in [0.1, 0.15) is 5.75 Å². The van der Waals surface area contributed by atoms with Gasteiger partial charge in [0.05, 0.1) is 12.5 Å². The molecule has 1 saturated heterocycles. The maximum absolute atomic E-state index is 13.1. The predicted molar refractivity (Wildman–Crippen MR) is 109 cm³/mol. The van der Waals surface area contributed by atoms with E-state index in [2.05, 4.69) is 6.07 Å². The van der Waals surface area contributed by atoms with Gasteiger partial charge in [-0.05, 0) is 60.9 Å². The zero-order valence-corrected chi connectivity index (χ0v) is 16.6. The molecule has 0 bridgehead atoms. The fourth-order valence-electron chi connectivity index (χ4n) is 3.98. The van der Waals surface area contributed by atoms with Gasteiger partial charge in [-0.2, -0.15) is 0 Å². The van der Waals surface area contributed by atoms with Gasteiger partial charge in [0.2, 0.25) is 11.8 Å². The van der Waals surface area contributed by atoms with Crippen molar-refractivity contribution in [2.75, 3.05) is 24.6 Å². The number of halogens is 1. The van der Waals surface area contributed by atoms with Crippen LogP contribution in [-0.2, 0) is 22.6 Å². The average Bonchev–Trinajstić information content (AvgIpc) is 3.09. The molecule has 1 fully saturated rings. The smallest absolute Gasteiger partial charge is 0.228 e. The molecule has 0 aliphatic carbocycles. The fourth-order valence-corrected chi connectivity index (χ4v) is 4.11. The van der Waals surface area contributed by atoms with Gasteiger partial charge < -0.3 is 14.5 Å². The molecule has 2 aliphatic rings. The van der Waals surface area contributed by atoms with Crippen LogP contribution in [0.15, 0.2) is 42.5 Å². The number of hydrogen-bond acceptors (Lipinski definition) is 3. The van der Waals surface area contributed by atoms with Crippen molar-refractivity contribution in [2.24, 2.45) is 5.92 Å². The van der Waals surface area contributed by atoms with Crippen LogP contribution in [0.1, 0.15) is 24.5 Å². The van der Waals surface area contributed by atoms with Crippen molar-refractivity contribution in [3.05, 3.63) is 58.6 Å². The van der Waals surface area contributed by atoms with E-state index < -0.39 is 0 Å². The van der Waals surface area contributed by atoms with Crippen molar-refractivity contribution in [2.45, 2.75) is 26.3 Å². The third-order valence-corrected chi connectivity index (χ3v) is 5.68. The van der Waals surface area contributed by atoms with Gasteiger partial charge in [-0.3, -0.25) is 9.59 Å². The van der Waals surface area contributed by atoms with E-state index in [4.69, 9.17) is 16.3 Å². The van der Waals surface area contributed by atoms with Gasteiger partial charge >= 0.3 is 0 Å². The molecule has 2 aliphatic heterocycles. The van der Waals surface area contributed by atoms with Crippen LogP contribution < -0.4 is 9.64 Å². The second-order valence-corrected chi connectivity index (χ2v) is 7.69. The first-order valence-electron chi connectivity index (χ1n) is 9.64. The maximum atomic E-state index is 13.1. The Labute approximate surface area is 169 Å². The molecule has 146 valence electrons. The zero-order valence-electron chi connectivity index (χ0n) is 15.9. The molecule has 4 rings (SSSR count). The van der Waals surface area contributed by atoms with Crippen molar-refractivity contribution in [3.63, 3.8) is 0 Å². The summed E-state index contributed by atoms with van der Waals surface area (Å²) in [6, 6.07) is 13.3. The molecule has 6 heteroatoms. The minimum absolute atomic E-state index is 0.0169. The Morgan fingerprint density at radius 3 is 2.71 bits per heavy atom. The predicted octanol–water partition coefficient (Wildman–Crippen LogP) is 3.68. The van der Waals surface area contributed by atoms with Gasteiger partial charge in [-0.15, -0.1) is 0 Å². The summed E-state index contributed by atoms with van der Waals surface area (Å²) in [6.45, 7) is 4.25. The maximum Gasteiger partial charge on any atom is 0.228 e. The highest BCUT2D eigenvalue weighted by molar-refractivity contribution is 6.30. The summed E-state index contributed by atoms with van der Waals surface area (Å²) in [4.78, 5) is 29.1. The number of anilines is 1. The standard InChI is InChI=1S/C22H23ClN2O3/c1-2-28-20-8-3-15-9-10-24(13-16(15)11-20)22(27)17-12-21(26)25(14-17)19-6-4-18(23)5-7-19/h3-8,11,17H,2,9-10,12-14H2,1H3. The highest BCUT2D eigenvalue weighted by Crippen LogP contribution is 2.30. The molecule has 2 aromatic carbocycles. The number of amides is 2. The molecule has 28 heavy (non-hydrogen) atoms. The average molecular weight is 399 g/mol. The Morgan fingerprint density at radius 1 is 1.18 bits per heavy atom. The third kappa shape index (κ3) is 3.72. The molecule has 1 unspecified atom stereocenters. The lowest BCUT2D eigenvalue weighted by Crippen LogP contribution is -2.40. The van der Waals surface area contributed by atoms with Gasteiger partial charge in [0, 0.05) is 36.8 Å². The van der Waals surface area contributed by atoms with Crippen molar-refractivity contribution in [1.29, 1.82) is 0 Å². The van der Waals surface area contributed by atoms with Crippen LogP contribution >= 0.6 is 11.6 Å².